The highest BCUT2D eigenvalue weighted by molar-refractivity contribution is 5.74. The quantitative estimate of drug-likeness (QED) is 0.127. The molecule has 0 radical (unpaired) electrons. The van der Waals surface area contributed by atoms with Crippen LogP contribution in [0.1, 0.15) is 0 Å². The Balaban J connectivity index is 0. The Morgan fingerprint density at radius 1 is 1.33 bits per heavy atom. The van der Waals surface area contributed by atoms with Crippen LogP contribution < -0.4 is 11.7 Å². The van der Waals surface area contributed by atoms with E-state index in [1.807, 2.05) is 0 Å². The maximum Gasteiger partial charge on any atom is 0.472 e. The summed E-state index contributed by atoms with van der Waals surface area (Å²) in [6.45, 7) is 0. The first-order chi connectivity index (χ1) is 5.29. The number of hydrazine groups is 2. The lowest BCUT2D eigenvalue weighted by molar-refractivity contribution is -0.969. The van der Waals surface area contributed by atoms with E-state index in [4.69, 9.17) is 32.4 Å². The molecule has 0 unspecified atom stereocenters. The van der Waals surface area contributed by atoms with E-state index in [-0.39, 0.29) is 5.96 Å². The van der Waals surface area contributed by atoms with Crippen LogP contribution in [-0.2, 0) is 0 Å². The molecule has 0 aromatic rings. The molecule has 0 aromatic heterocycles. The molecule has 72 valence electrons. The predicted molar refractivity (Wildman–Crippen MR) is 38.8 cm³/mol. The Kier molecular flexibility index (Phi) is 6.64. The largest absolute Gasteiger partial charge is 0.472 e. The van der Waals surface area contributed by atoms with Crippen molar-refractivity contribution < 1.29 is 15.5 Å². The van der Waals surface area contributed by atoms with Gasteiger partial charge in [-0.3, -0.25) is 15.4 Å². The monoisotopic (exact) mass is 181 g/mol. The third-order valence-electron chi connectivity index (χ3n) is 0.668. The summed E-state index contributed by atoms with van der Waals surface area (Å²) in [6, 6.07) is 0. The molecule has 0 aliphatic rings. The Morgan fingerprint density at radius 3 is 1.50 bits per heavy atom. The molecule has 0 aliphatic heterocycles. The minimum absolute atomic E-state index is 0.0741. The first-order valence-corrected chi connectivity index (χ1v) is 2.69. The molecule has 0 atom stereocenters. The highest BCUT2D eigenvalue weighted by atomic mass is 16.9. The van der Waals surface area contributed by atoms with Crippen molar-refractivity contribution in [2.24, 2.45) is 11.7 Å². The van der Waals surface area contributed by atoms with Crippen molar-refractivity contribution >= 4 is 5.96 Å². The third kappa shape index (κ3) is 11.2. The van der Waals surface area contributed by atoms with Crippen LogP contribution in [0.15, 0.2) is 0 Å². The van der Waals surface area contributed by atoms with E-state index in [0.717, 1.165) is 10.0 Å². The number of nitrogens with one attached hydrogen (secondary N) is 1. The molecule has 0 saturated heterocycles. The van der Waals surface area contributed by atoms with Crippen molar-refractivity contribution in [3.05, 3.63) is 4.91 Å². The number of rotatable bonds is 0. The molecule has 0 fully saturated rings. The molecular weight excluding hydrogens is 168 g/mol. The zero-order valence-corrected chi connectivity index (χ0v) is 6.80. The highest BCUT2D eigenvalue weighted by Gasteiger charge is 1.98. The summed E-state index contributed by atoms with van der Waals surface area (Å²) in [5.41, 5.74) is 0. The van der Waals surface area contributed by atoms with Crippen LogP contribution in [0.2, 0.25) is 0 Å². The summed E-state index contributed by atoms with van der Waals surface area (Å²) < 4.78 is 0. The zero-order valence-electron chi connectivity index (χ0n) is 6.80. The van der Waals surface area contributed by atoms with Gasteiger partial charge in [0.2, 0.25) is 5.96 Å². The molecule has 12 heavy (non-hydrogen) atoms. The van der Waals surface area contributed by atoms with Crippen molar-refractivity contribution in [1.82, 2.24) is 10.0 Å². The fourth-order valence-corrected chi connectivity index (χ4v) is 0.249. The second-order valence-electron chi connectivity index (χ2n) is 1.80. The Bertz CT molecular complexity index is 142. The molecule has 0 aromatic carbocycles. The second kappa shape index (κ2) is 6.12. The zero-order chi connectivity index (χ0) is 10.3. The van der Waals surface area contributed by atoms with Gasteiger partial charge in [0.15, 0.2) is 0 Å². The highest BCUT2D eigenvalue weighted by Crippen LogP contribution is 1.74. The summed E-state index contributed by atoms with van der Waals surface area (Å²) in [4.78, 5) is 8.47. The third-order valence-corrected chi connectivity index (χ3v) is 0.668. The molecular formula is C3H13N6O3+. The van der Waals surface area contributed by atoms with Crippen molar-refractivity contribution in [2.45, 2.75) is 0 Å². The van der Waals surface area contributed by atoms with Crippen LogP contribution in [0.4, 0.5) is 0 Å². The van der Waals surface area contributed by atoms with Gasteiger partial charge in [-0.1, -0.05) is 0 Å². The number of hydrogen-bond donors (Lipinski definition) is 5. The van der Waals surface area contributed by atoms with Gasteiger partial charge < -0.3 is 0 Å². The van der Waals surface area contributed by atoms with Gasteiger partial charge >= 0.3 is 5.09 Å². The van der Waals surface area contributed by atoms with E-state index in [1.54, 1.807) is 14.1 Å². The summed E-state index contributed by atoms with van der Waals surface area (Å²) in [7, 11) is 3.09. The fraction of sp³-hybridized carbons (Fsp3) is 0.667. The fourth-order valence-electron chi connectivity index (χ4n) is 0.249. The van der Waals surface area contributed by atoms with Crippen molar-refractivity contribution in [3.63, 3.8) is 0 Å². The number of guanidine groups is 1. The van der Waals surface area contributed by atoms with Crippen molar-refractivity contribution in [1.29, 1.82) is 5.41 Å². The van der Waals surface area contributed by atoms with E-state index < -0.39 is 5.09 Å². The van der Waals surface area contributed by atoms with Crippen LogP contribution in [0, 0.1) is 10.3 Å². The summed E-state index contributed by atoms with van der Waals surface area (Å²) >= 11 is 0. The van der Waals surface area contributed by atoms with E-state index in [9.17, 15) is 0 Å². The molecule has 0 amide bonds. The average Bonchev–Trinajstić information content (AvgIpc) is 1.84. The molecule has 7 N–H and O–H groups in total. The normalized spacial score (nSPS) is 7.67. The van der Waals surface area contributed by atoms with Gasteiger partial charge in [0.1, 0.15) is 4.91 Å². The molecule has 0 heterocycles. The lowest BCUT2D eigenvalue weighted by Crippen LogP contribution is -2.46. The maximum absolute atomic E-state index is 8.47. The molecule has 9 nitrogen and oxygen atoms in total. The van der Waals surface area contributed by atoms with Gasteiger partial charge in [0.25, 0.3) is 0 Å². The molecule has 0 saturated carbocycles. The van der Waals surface area contributed by atoms with Gasteiger partial charge in [-0.2, -0.15) is 0 Å². The molecule has 0 spiro atoms. The lowest BCUT2D eigenvalue weighted by Gasteiger charge is -2.18. The first-order valence-electron chi connectivity index (χ1n) is 2.69. The molecule has 0 rings (SSSR count). The molecule has 0 bridgehead atoms. The summed E-state index contributed by atoms with van der Waals surface area (Å²) in [6.07, 6.45) is 0. The van der Waals surface area contributed by atoms with Crippen molar-refractivity contribution in [3.8, 4) is 0 Å². The SMILES string of the molecule is CN(N)C(=N)N(C)N.O=[N+](O)O. The van der Waals surface area contributed by atoms with E-state index in [0.29, 0.717) is 0 Å². The Labute approximate surface area is 68.7 Å². The van der Waals surface area contributed by atoms with Crippen LogP contribution >= 0.6 is 0 Å². The van der Waals surface area contributed by atoms with Crippen LogP contribution in [-0.4, -0.2) is 45.6 Å². The van der Waals surface area contributed by atoms with Gasteiger partial charge in [0, 0.05) is 14.1 Å². The molecule has 0 aliphatic carbocycles. The average molecular weight is 181 g/mol. The number of nitrogens with zero attached hydrogens (tertiary/aromatic N) is 3. The van der Waals surface area contributed by atoms with Crippen LogP contribution in [0.5, 0.6) is 0 Å². The predicted octanol–water partition coefficient (Wildman–Crippen LogP) is -1.92. The summed E-state index contributed by atoms with van der Waals surface area (Å²) in [5.74, 6) is 10.3. The Hall–Kier alpha value is -1.61. The van der Waals surface area contributed by atoms with Crippen LogP contribution in [0.25, 0.3) is 0 Å². The van der Waals surface area contributed by atoms with Gasteiger partial charge in [-0.15, -0.1) is 0 Å². The van der Waals surface area contributed by atoms with Gasteiger partial charge in [-0.25, -0.2) is 22.1 Å². The first kappa shape index (κ1) is 13.0. The van der Waals surface area contributed by atoms with E-state index in [1.165, 1.54) is 0 Å². The number of hydrogen-bond acceptors (Lipinski definition) is 4. The lowest BCUT2D eigenvalue weighted by atomic mass is 10.8. The standard InChI is InChI=1S/C3H11N5.H2NO3/c1-7(5)3(4)8(2)6;2-1(3)4/h4H,5-6H2,1-2H3;(H2,2,3,4)/q;+1. The van der Waals surface area contributed by atoms with E-state index in [2.05, 4.69) is 0 Å². The summed E-state index contributed by atoms with van der Waals surface area (Å²) in [5, 5.41) is 21.8. The second-order valence-corrected chi connectivity index (χ2v) is 1.80. The smallest absolute Gasteiger partial charge is 0.283 e. The number of nitrogens with two attached hydrogens (primary N) is 2. The maximum atomic E-state index is 8.47. The molecule has 9 heteroatoms. The minimum Gasteiger partial charge on any atom is -0.283 e. The van der Waals surface area contributed by atoms with Gasteiger partial charge in [-0.05, 0) is 0 Å². The minimum atomic E-state index is -1.25. The topological polar surface area (TPSA) is 143 Å². The van der Waals surface area contributed by atoms with Crippen molar-refractivity contribution in [2.75, 3.05) is 14.1 Å². The van der Waals surface area contributed by atoms with Crippen LogP contribution in [0.3, 0.4) is 0 Å². The van der Waals surface area contributed by atoms with E-state index >= 15 is 0 Å². The Morgan fingerprint density at radius 2 is 1.50 bits per heavy atom. The van der Waals surface area contributed by atoms with Gasteiger partial charge in [0.05, 0.1) is 0 Å².